The van der Waals surface area contributed by atoms with Crippen LogP contribution in [0.2, 0.25) is 0 Å². The zero-order chi connectivity index (χ0) is 35.6. The van der Waals surface area contributed by atoms with Crippen molar-refractivity contribution in [3.63, 3.8) is 0 Å². The van der Waals surface area contributed by atoms with Crippen molar-refractivity contribution in [1.82, 2.24) is 35.1 Å². The van der Waals surface area contributed by atoms with Gasteiger partial charge in [-0.25, -0.2) is 19.9 Å². The number of nitrogens with two attached hydrogens (primary N) is 1. The quantitative estimate of drug-likeness (QED) is 0.208. The van der Waals surface area contributed by atoms with Crippen molar-refractivity contribution in [2.24, 2.45) is 5.73 Å². The van der Waals surface area contributed by atoms with Crippen LogP contribution in [0, 0.1) is 10.4 Å². The van der Waals surface area contributed by atoms with Crippen LogP contribution in [0.25, 0.3) is 34.2 Å². The Morgan fingerprint density at radius 3 is 1.52 bits per heavy atom. The Balaban J connectivity index is 1.38. The molecule has 0 aliphatic carbocycles. The molecule has 14 bridgehead atoms. The smallest absolute Gasteiger partial charge is 0.290 e. The molecule has 0 saturated carbocycles. The lowest BCUT2D eigenvalue weighted by atomic mass is 10.1. The molecule has 52 heavy (non-hydrogen) atoms. The molecule has 9 rings (SSSR count). The van der Waals surface area contributed by atoms with Gasteiger partial charge in [-0.05, 0) is 54.6 Å². The van der Waals surface area contributed by atoms with E-state index in [-0.39, 0.29) is 48.8 Å². The maximum Gasteiger partial charge on any atom is 0.290 e. The molecule has 6 aromatic rings. The highest BCUT2D eigenvalue weighted by Gasteiger charge is 2.28. The van der Waals surface area contributed by atoms with E-state index in [4.69, 9.17) is 25.7 Å². The van der Waals surface area contributed by atoms with Crippen LogP contribution >= 0.6 is 0 Å². The Morgan fingerprint density at radius 1 is 0.596 bits per heavy atom. The SMILES string of the molecule is NCCNC(=O)c1cc2[n+]([O-])c(c1)-c1cccc([n+]1[O-])CN1Cc3cccc(n3)-c3cccc(n3)CN(Cc3cccc(n3)-c3cccc(n3)C1)C2. The van der Waals surface area contributed by atoms with Gasteiger partial charge in [-0.2, -0.15) is 9.46 Å². The van der Waals surface area contributed by atoms with Crippen LogP contribution in [0.15, 0.2) is 103 Å². The molecular formula is C39H36N10O3. The van der Waals surface area contributed by atoms with Gasteiger partial charge in [-0.1, -0.05) is 24.3 Å². The van der Waals surface area contributed by atoms with Gasteiger partial charge >= 0.3 is 0 Å². The molecule has 3 aliphatic rings. The minimum atomic E-state index is -0.393. The van der Waals surface area contributed by atoms with E-state index >= 15 is 0 Å². The van der Waals surface area contributed by atoms with Gasteiger partial charge < -0.3 is 21.5 Å². The summed E-state index contributed by atoms with van der Waals surface area (Å²) in [6.07, 6.45) is 0. The molecule has 3 aliphatic heterocycles. The third kappa shape index (κ3) is 6.92. The molecule has 1 amide bonds. The summed E-state index contributed by atoms with van der Waals surface area (Å²) in [5.74, 6) is -0.393. The van der Waals surface area contributed by atoms with E-state index in [1.165, 1.54) is 6.07 Å². The molecule has 0 aromatic carbocycles. The number of aromatic nitrogens is 6. The molecule has 0 atom stereocenters. The van der Waals surface area contributed by atoms with E-state index in [1.807, 2.05) is 77.7 Å². The number of nitrogens with zero attached hydrogens (tertiary/aromatic N) is 8. The fourth-order valence-electron chi connectivity index (χ4n) is 6.75. The zero-order valence-corrected chi connectivity index (χ0v) is 28.4. The van der Waals surface area contributed by atoms with Gasteiger partial charge in [0, 0.05) is 63.5 Å². The molecule has 0 radical (unpaired) electrons. The first kappa shape index (κ1) is 33.0. The Labute approximate surface area is 300 Å². The molecule has 13 nitrogen and oxygen atoms in total. The minimum Gasteiger partial charge on any atom is -0.618 e. The second-order valence-corrected chi connectivity index (χ2v) is 13.0. The number of carbonyl (C=O) groups excluding carboxylic acids is 1. The summed E-state index contributed by atoms with van der Waals surface area (Å²) in [5.41, 5.74) is 12.8. The van der Waals surface area contributed by atoms with E-state index < -0.39 is 5.91 Å². The standard InChI is InChI=1S/C39H36N10O3/c40-16-17-41-39(50)26-18-32-25-47-22-29-8-3-13-35(44-29)33-11-1-6-27(42-33)20-46(24-31-10-5-15-37(48(31)51)38(19-26)49(32)52)21-28-7-2-12-34(43-28)36-14-4-9-30(23-47)45-36/h1-15,18-19H,16-17,20-25,40H2,(H,41,50). The molecule has 260 valence electrons. The van der Waals surface area contributed by atoms with Crippen molar-refractivity contribution in [2.75, 3.05) is 13.1 Å². The van der Waals surface area contributed by atoms with E-state index in [1.54, 1.807) is 24.3 Å². The molecule has 6 aromatic heterocycles. The summed E-state index contributed by atoms with van der Waals surface area (Å²) >= 11 is 0. The Kier molecular flexibility index (Phi) is 9.04. The fourth-order valence-corrected chi connectivity index (χ4v) is 6.75. The Morgan fingerprint density at radius 2 is 1.04 bits per heavy atom. The first-order chi connectivity index (χ1) is 25.4. The average Bonchev–Trinajstić information content (AvgIpc) is 3.15. The third-order valence-corrected chi connectivity index (χ3v) is 9.14. The van der Waals surface area contributed by atoms with Crippen molar-refractivity contribution in [1.29, 1.82) is 0 Å². The maximum atomic E-state index is 14.4. The molecule has 9 heterocycles. The van der Waals surface area contributed by atoms with Crippen LogP contribution in [0.3, 0.4) is 0 Å². The van der Waals surface area contributed by atoms with Crippen molar-refractivity contribution in [2.45, 2.75) is 39.3 Å². The number of carbonyl (C=O) groups is 1. The number of amides is 1. The molecule has 0 unspecified atom stereocenters. The zero-order valence-electron chi connectivity index (χ0n) is 28.4. The summed E-state index contributed by atoms with van der Waals surface area (Å²) in [5, 5.41) is 31.4. The van der Waals surface area contributed by atoms with Crippen LogP contribution < -0.4 is 20.5 Å². The minimum absolute atomic E-state index is 0.0601. The molecule has 13 heteroatoms. The maximum absolute atomic E-state index is 14.4. The van der Waals surface area contributed by atoms with Crippen LogP contribution in [0.4, 0.5) is 0 Å². The van der Waals surface area contributed by atoms with E-state index in [2.05, 4.69) is 10.2 Å². The molecule has 3 N–H and O–H groups in total. The lowest BCUT2D eigenvalue weighted by Crippen LogP contribution is -2.44. The van der Waals surface area contributed by atoms with Crippen molar-refractivity contribution in [3.8, 4) is 34.2 Å². The van der Waals surface area contributed by atoms with Crippen molar-refractivity contribution < 1.29 is 14.3 Å². The first-order valence-corrected chi connectivity index (χ1v) is 17.2. The normalized spacial score (nSPS) is 16.5. The first-order valence-electron chi connectivity index (χ1n) is 17.2. The summed E-state index contributed by atoms with van der Waals surface area (Å²) in [6, 6.07) is 31.5. The largest absolute Gasteiger partial charge is 0.618 e. The predicted molar refractivity (Wildman–Crippen MR) is 192 cm³/mol. The van der Waals surface area contributed by atoms with Gasteiger partial charge in [0.25, 0.3) is 17.3 Å². The highest BCUT2D eigenvalue weighted by molar-refractivity contribution is 5.94. The predicted octanol–water partition coefficient (Wildman–Crippen LogP) is 3.25. The number of rotatable bonds is 3. The highest BCUT2D eigenvalue weighted by Crippen LogP contribution is 2.24. The third-order valence-electron chi connectivity index (χ3n) is 9.14. The number of nitrogens with one attached hydrogen (secondary N) is 1. The van der Waals surface area contributed by atoms with Crippen LogP contribution in [0.1, 0.15) is 44.5 Å². The number of hydrogen-bond acceptors (Lipinski definition) is 10. The molecule has 0 fully saturated rings. The van der Waals surface area contributed by atoms with Gasteiger partial charge in [-0.15, -0.1) is 0 Å². The van der Waals surface area contributed by atoms with Gasteiger partial charge in [0.1, 0.15) is 0 Å². The summed E-state index contributed by atoms with van der Waals surface area (Å²) in [6.45, 7) is 2.32. The molecular weight excluding hydrogens is 656 g/mol. The van der Waals surface area contributed by atoms with E-state index in [9.17, 15) is 15.2 Å². The van der Waals surface area contributed by atoms with Gasteiger partial charge in [0.05, 0.1) is 64.2 Å². The average molecular weight is 693 g/mol. The Hall–Kier alpha value is -6.15. The second-order valence-electron chi connectivity index (χ2n) is 13.0. The lowest BCUT2D eigenvalue weighted by Gasteiger charge is -2.24. The van der Waals surface area contributed by atoms with Gasteiger partial charge in [0.2, 0.25) is 11.4 Å². The van der Waals surface area contributed by atoms with Crippen LogP contribution in [0.5, 0.6) is 0 Å². The number of hydrogen-bond donors (Lipinski definition) is 2. The number of pyridine rings is 6. The van der Waals surface area contributed by atoms with Crippen LogP contribution in [-0.4, -0.2) is 48.7 Å². The van der Waals surface area contributed by atoms with Gasteiger partial charge in [-0.3, -0.25) is 14.6 Å². The monoisotopic (exact) mass is 692 g/mol. The highest BCUT2D eigenvalue weighted by atomic mass is 16.5. The summed E-state index contributed by atoms with van der Waals surface area (Å²) in [7, 11) is 0. The van der Waals surface area contributed by atoms with Crippen LogP contribution in [-0.2, 0) is 39.3 Å². The lowest BCUT2D eigenvalue weighted by molar-refractivity contribution is -0.635. The molecule has 0 spiro atoms. The van der Waals surface area contributed by atoms with Gasteiger partial charge in [0.15, 0.2) is 0 Å². The second kappa shape index (κ2) is 14.2. The van der Waals surface area contributed by atoms with E-state index in [0.29, 0.717) is 43.3 Å². The van der Waals surface area contributed by atoms with Crippen molar-refractivity contribution in [3.05, 3.63) is 153 Å². The van der Waals surface area contributed by atoms with Crippen molar-refractivity contribution >= 4 is 5.91 Å². The molecule has 0 saturated heterocycles. The topological polar surface area (TPSA) is 167 Å². The van der Waals surface area contributed by atoms with E-state index in [0.717, 1.165) is 43.6 Å². The summed E-state index contributed by atoms with van der Waals surface area (Å²) in [4.78, 5) is 37.6. The summed E-state index contributed by atoms with van der Waals surface area (Å²) < 4.78 is 1.53. The Bertz CT molecular complexity index is 2200. The fraction of sp³-hybridized carbons (Fsp3) is 0.205.